The minimum atomic E-state index is 0.656. The number of anilines is 3. The highest BCUT2D eigenvalue weighted by Gasteiger charge is 2.23. The van der Waals surface area contributed by atoms with Crippen LogP contribution in [0.4, 0.5) is 17.5 Å². The van der Waals surface area contributed by atoms with Crippen molar-refractivity contribution in [1.82, 2.24) is 29.5 Å². The van der Waals surface area contributed by atoms with E-state index in [1.165, 1.54) is 19.2 Å². The summed E-state index contributed by atoms with van der Waals surface area (Å²) in [6.45, 7) is 6.24. The van der Waals surface area contributed by atoms with Crippen molar-refractivity contribution in [3.63, 3.8) is 0 Å². The lowest BCUT2D eigenvalue weighted by Crippen LogP contribution is -2.22. The summed E-state index contributed by atoms with van der Waals surface area (Å²) >= 11 is 0. The number of nitrogens with one attached hydrogen (secondary N) is 1. The fourth-order valence-corrected chi connectivity index (χ4v) is 4.72. The van der Waals surface area contributed by atoms with Gasteiger partial charge >= 0.3 is 0 Å². The van der Waals surface area contributed by atoms with Crippen LogP contribution in [0.5, 0.6) is 11.5 Å². The van der Waals surface area contributed by atoms with E-state index in [1.54, 1.807) is 12.5 Å². The molecule has 1 aliphatic rings. The zero-order valence-corrected chi connectivity index (χ0v) is 20.6. The van der Waals surface area contributed by atoms with Crippen molar-refractivity contribution < 1.29 is 4.74 Å². The Kier molecular flexibility index (Phi) is 5.59. The lowest BCUT2D eigenvalue weighted by Gasteiger charge is -2.17. The molecule has 1 fully saturated rings. The summed E-state index contributed by atoms with van der Waals surface area (Å²) in [6.07, 6.45) is 7.48. The molecule has 9 nitrogen and oxygen atoms in total. The Balaban J connectivity index is 1.24. The average Bonchev–Trinajstić information content (AvgIpc) is 3.52. The Bertz CT molecular complexity index is 1560. The van der Waals surface area contributed by atoms with Crippen LogP contribution in [0.15, 0.2) is 55.2 Å². The van der Waals surface area contributed by atoms with Gasteiger partial charge in [0.25, 0.3) is 0 Å². The molecule has 1 saturated heterocycles. The maximum atomic E-state index is 6.16. The molecule has 0 aliphatic carbocycles. The summed E-state index contributed by atoms with van der Waals surface area (Å²) in [6, 6.07) is 11.9. The lowest BCUT2D eigenvalue weighted by molar-refractivity contribution is 0.479. The molecule has 1 aliphatic heterocycles. The molecule has 4 heterocycles. The molecule has 1 N–H and O–H groups in total. The first-order valence-corrected chi connectivity index (χ1v) is 12.3. The van der Waals surface area contributed by atoms with Crippen molar-refractivity contribution in [1.29, 1.82) is 0 Å². The Labute approximate surface area is 209 Å². The van der Waals surface area contributed by atoms with E-state index in [-0.39, 0.29) is 0 Å². The van der Waals surface area contributed by atoms with E-state index in [0.717, 1.165) is 52.8 Å². The second-order valence-electron chi connectivity index (χ2n) is 9.35. The number of hydrogen-bond donors (Lipinski definition) is 1. The van der Waals surface area contributed by atoms with Crippen molar-refractivity contribution in [3.8, 4) is 11.5 Å². The number of imidazole rings is 1. The van der Waals surface area contributed by atoms with Crippen molar-refractivity contribution >= 4 is 39.5 Å². The number of fused-ring (bicyclic) bond motifs is 2. The van der Waals surface area contributed by atoms with Gasteiger partial charge in [-0.25, -0.2) is 24.9 Å². The van der Waals surface area contributed by atoms with Crippen LogP contribution in [0.1, 0.15) is 25.3 Å². The van der Waals surface area contributed by atoms with Gasteiger partial charge < -0.3 is 19.5 Å². The fraction of sp³-hybridized carbons (Fsp3) is 0.296. The highest BCUT2D eigenvalue weighted by atomic mass is 16.5. The van der Waals surface area contributed by atoms with E-state index in [2.05, 4.69) is 37.1 Å². The van der Waals surface area contributed by atoms with Crippen LogP contribution < -0.4 is 15.0 Å². The van der Waals surface area contributed by atoms with E-state index >= 15 is 0 Å². The number of aryl methyl sites for hydroxylation is 2. The van der Waals surface area contributed by atoms with E-state index < -0.39 is 0 Å². The monoisotopic (exact) mass is 480 g/mol. The van der Waals surface area contributed by atoms with E-state index in [4.69, 9.17) is 9.72 Å². The molecule has 5 aromatic rings. The van der Waals surface area contributed by atoms with Crippen molar-refractivity contribution in [2.45, 2.75) is 26.7 Å². The number of benzene rings is 2. The molecule has 0 radical (unpaired) electrons. The van der Waals surface area contributed by atoms with Crippen LogP contribution in [0.3, 0.4) is 0 Å². The molecule has 0 amide bonds. The SMILES string of the molecule is CC[C@H]1CCN(c2ncc3ncnc(Nc4ccc(Oc5ccc6c(c5)ncn6C)c(C)c4)c3n2)C1. The van der Waals surface area contributed by atoms with Crippen molar-refractivity contribution in [2.75, 3.05) is 23.3 Å². The summed E-state index contributed by atoms with van der Waals surface area (Å²) in [4.78, 5) is 24.9. The normalized spacial score (nSPS) is 15.6. The topological polar surface area (TPSA) is 93.9 Å². The molecule has 0 bridgehead atoms. The molecule has 2 aromatic carbocycles. The van der Waals surface area contributed by atoms with E-state index in [9.17, 15) is 0 Å². The maximum absolute atomic E-state index is 6.16. The second kappa shape index (κ2) is 9.07. The Hall–Kier alpha value is -4.27. The van der Waals surface area contributed by atoms with Gasteiger partial charge in [0.1, 0.15) is 28.9 Å². The number of ether oxygens (including phenoxy) is 1. The molecule has 9 heteroatoms. The van der Waals surface area contributed by atoms with Crippen LogP contribution in [0, 0.1) is 12.8 Å². The summed E-state index contributed by atoms with van der Waals surface area (Å²) < 4.78 is 8.15. The van der Waals surface area contributed by atoms with Gasteiger partial charge in [0.15, 0.2) is 5.82 Å². The Morgan fingerprint density at radius 2 is 1.97 bits per heavy atom. The summed E-state index contributed by atoms with van der Waals surface area (Å²) in [5, 5.41) is 3.42. The summed E-state index contributed by atoms with van der Waals surface area (Å²) in [5.74, 6) is 3.63. The molecule has 182 valence electrons. The quantitative estimate of drug-likeness (QED) is 0.346. The summed E-state index contributed by atoms with van der Waals surface area (Å²) in [7, 11) is 1.98. The maximum Gasteiger partial charge on any atom is 0.226 e. The van der Waals surface area contributed by atoms with Crippen LogP contribution in [-0.2, 0) is 7.05 Å². The predicted molar refractivity (Wildman–Crippen MR) is 141 cm³/mol. The van der Waals surface area contributed by atoms with Gasteiger partial charge in [0, 0.05) is 31.9 Å². The fourth-order valence-electron chi connectivity index (χ4n) is 4.72. The third kappa shape index (κ3) is 4.17. The zero-order chi connectivity index (χ0) is 24.6. The molecule has 0 saturated carbocycles. The molecule has 36 heavy (non-hydrogen) atoms. The third-order valence-corrected chi connectivity index (χ3v) is 6.87. The number of rotatable bonds is 6. The first kappa shape index (κ1) is 22.2. The predicted octanol–water partition coefficient (Wildman–Crippen LogP) is 5.39. The highest BCUT2D eigenvalue weighted by molar-refractivity contribution is 5.87. The first-order valence-electron chi connectivity index (χ1n) is 12.3. The molecular formula is C27H28N8O. The number of nitrogens with zero attached hydrogens (tertiary/aromatic N) is 7. The van der Waals surface area contributed by atoms with Gasteiger partial charge in [-0.1, -0.05) is 13.3 Å². The van der Waals surface area contributed by atoms with Crippen LogP contribution in [0.2, 0.25) is 0 Å². The van der Waals surface area contributed by atoms with Crippen LogP contribution in [0.25, 0.3) is 22.1 Å². The van der Waals surface area contributed by atoms with Gasteiger partial charge in [-0.3, -0.25) is 0 Å². The van der Waals surface area contributed by atoms with Gasteiger partial charge in [-0.2, -0.15) is 0 Å². The number of aromatic nitrogens is 6. The van der Waals surface area contributed by atoms with Gasteiger partial charge in [-0.05, 0) is 55.2 Å². The largest absolute Gasteiger partial charge is 0.457 e. The minimum absolute atomic E-state index is 0.656. The molecule has 3 aromatic heterocycles. The highest BCUT2D eigenvalue weighted by Crippen LogP contribution is 2.31. The van der Waals surface area contributed by atoms with Crippen molar-refractivity contribution in [2.24, 2.45) is 13.0 Å². The standard InChI is InChI=1S/C27H28N8O/c1-4-18-9-10-35(14-18)27-28-13-22-25(33-27)26(30-15-29-22)32-19-5-8-24(17(2)11-19)36-20-6-7-23-21(12-20)31-16-34(23)3/h5-8,11-13,15-16,18H,4,9-10,14H2,1-3H3,(H,29,30,32)/t18-/m0/s1. The summed E-state index contributed by atoms with van der Waals surface area (Å²) in [5.41, 5.74) is 5.29. The van der Waals surface area contributed by atoms with Gasteiger partial charge in [-0.15, -0.1) is 0 Å². The third-order valence-electron chi connectivity index (χ3n) is 6.87. The van der Waals surface area contributed by atoms with Gasteiger partial charge in [0.2, 0.25) is 5.95 Å². The van der Waals surface area contributed by atoms with Crippen LogP contribution >= 0.6 is 0 Å². The second-order valence-corrected chi connectivity index (χ2v) is 9.35. The van der Waals surface area contributed by atoms with Gasteiger partial charge in [0.05, 0.1) is 23.6 Å². The first-order chi connectivity index (χ1) is 17.6. The zero-order valence-electron chi connectivity index (χ0n) is 20.6. The van der Waals surface area contributed by atoms with E-state index in [0.29, 0.717) is 22.8 Å². The van der Waals surface area contributed by atoms with Crippen molar-refractivity contribution in [3.05, 3.63) is 60.8 Å². The molecule has 0 unspecified atom stereocenters. The Morgan fingerprint density at radius 3 is 2.81 bits per heavy atom. The molecular weight excluding hydrogens is 452 g/mol. The van der Waals surface area contributed by atoms with Crippen LogP contribution in [-0.4, -0.2) is 42.6 Å². The Morgan fingerprint density at radius 1 is 1.06 bits per heavy atom. The molecule has 1 atom stereocenters. The van der Waals surface area contributed by atoms with E-state index in [1.807, 2.05) is 54.9 Å². The minimum Gasteiger partial charge on any atom is -0.457 e. The molecule has 6 rings (SSSR count). The average molecular weight is 481 g/mol. The molecule has 0 spiro atoms. The smallest absolute Gasteiger partial charge is 0.226 e. The number of hydrogen-bond acceptors (Lipinski definition) is 8. The lowest BCUT2D eigenvalue weighted by atomic mass is 10.1.